The Kier molecular flexibility index (Phi) is 7.74. The van der Waals surface area contributed by atoms with Gasteiger partial charge in [-0.2, -0.15) is 10.2 Å². The fraction of sp³-hybridized carbons (Fsp3) is 0.143. The van der Waals surface area contributed by atoms with Crippen molar-refractivity contribution < 1.29 is 0 Å². The zero-order valence-electron chi connectivity index (χ0n) is 27.8. The predicted octanol–water partition coefficient (Wildman–Crippen LogP) is 8.30. The van der Waals surface area contributed by atoms with Gasteiger partial charge in [0.05, 0.1) is 24.7 Å². The Hall–Kier alpha value is -6.28. The van der Waals surface area contributed by atoms with Crippen molar-refractivity contribution in [2.75, 3.05) is 32.9 Å². The number of fused-ring (bicyclic) bond motifs is 2. The molecule has 0 fully saturated rings. The van der Waals surface area contributed by atoms with Gasteiger partial charge < -0.3 is 19.6 Å². The van der Waals surface area contributed by atoms with E-state index in [9.17, 15) is 0 Å². The maximum atomic E-state index is 5.08. The topological polar surface area (TPSA) is 48.6 Å². The van der Waals surface area contributed by atoms with Crippen molar-refractivity contribution in [3.63, 3.8) is 0 Å². The molecule has 0 atom stereocenters. The lowest BCUT2D eigenvalue weighted by molar-refractivity contribution is 0.512. The van der Waals surface area contributed by atoms with Crippen LogP contribution in [0.25, 0.3) is 22.5 Å². The first-order valence-corrected chi connectivity index (χ1v) is 17.2. The van der Waals surface area contributed by atoms with Crippen LogP contribution >= 0.6 is 0 Å². The summed E-state index contributed by atoms with van der Waals surface area (Å²) in [5.74, 6) is 2.27. The van der Waals surface area contributed by atoms with Gasteiger partial charge in [-0.3, -0.25) is 0 Å². The molecule has 8 heteroatoms. The van der Waals surface area contributed by atoms with E-state index >= 15 is 0 Å². The number of aromatic nitrogens is 4. The molecule has 2 aliphatic rings. The number of nitrogens with zero attached hydrogens (tertiary/aromatic N) is 8. The van der Waals surface area contributed by atoms with Crippen molar-refractivity contribution in [2.45, 2.75) is 26.4 Å². The quantitative estimate of drug-likeness (QED) is 0.164. The van der Waals surface area contributed by atoms with E-state index in [1.54, 1.807) is 0 Å². The van der Waals surface area contributed by atoms with Gasteiger partial charge in [-0.1, -0.05) is 121 Å². The van der Waals surface area contributed by atoms with Gasteiger partial charge >= 0.3 is 0 Å². The highest BCUT2D eigenvalue weighted by molar-refractivity contribution is 5.67. The van der Waals surface area contributed by atoms with E-state index in [0.29, 0.717) is 13.3 Å². The Morgan fingerprint density at radius 3 is 1.14 bits per heavy atom. The SMILES string of the molecule is c1ccc(CN2CN(c3ccc(N4CN(Cc5ccccc5)c5cc(-c6ccccc6)nn5C4)cc3)Cn3nc(-c4ccccc4)cc32)cc1. The fourth-order valence-electron chi connectivity index (χ4n) is 7.07. The van der Waals surface area contributed by atoms with Gasteiger partial charge in [0.25, 0.3) is 0 Å². The van der Waals surface area contributed by atoms with Crippen LogP contribution in [0, 0.1) is 0 Å². The smallest absolute Gasteiger partial charge is 0.131 e. The van der Waals surface area contributed by atoms with Crippen molar-refractivity contribution in [3.8, 4) is 22.5 Å². The van der Waals surface area contributed by atoms with Gasteiger partial charge in [0.15, 0.2) is 0 Å². The molecule has 9 rings (SSSR count). The van der Waals surface area contributed by atoms with E-state index in [1.165, 1.54) is 22.5 Å². The number of anilines is 4. The molecule has 0 saturated heterocycles. The van der Waals surface area contributed by atoms with E-state index in [2.05, 4.69) is 175 Å². The van der Waals surface area contributed by atoms with Crippen LogP contribution in [0.15, 0.2) is 158 Å². The van der Waals surface area contributed by atoms with Gasteiger partial charge in [-0.15, -0.1) is 0 Å². The monoisotopic (exact) mass is 654 g/mol. The number of rotatable bonds is 8. The van der Waals surface area contributed by atoms with E-state index in [1.807, 2.05) is 12.1 Å². The van der Waals surface area contributed by atoms with Crippen molar-refractivity contribution in [1.29, 1.82) is 0 Å². The molecule has 0 bridgehead atoms. The second kappa shape index (κ2) is 13.0. The minimum Gasteiger partial charge on any atom is -0.335 e. The van der Waals surface area contributed by atoms with Gasteiger partial charge in [0, 0.05) is 47.7 Å². The van der Waals surface area contributed by atoms with Crippen LogP contribution in [0.2, 0.25) is 0 Å². The summed E-state index contributed by atoms with van der Waals surface area (Å²) in [5.41, 5.74) is 9.13. The molecule has 50 heavy (non-hydrogen) atoms. The van der Waals surface area contributed by atoms with Crippen LogP contribution in [0.4, 0.5) is 23.0 Å². The molecule has 7 aromatic rings. The van der Waals surface area contributed by atoms with Crippen LogP contribution in [0.1, 0.15) is 11.1 Å². The second-order valence-corrected chi connectivity index (χ2v) is 13.0. The minimum atomic E-state index is 0.681. The van der Waals surface area contributed by atoms with Crippen molar-refractivity contribution in [2.24, 2.45) is 0 Å². The molecular formula is C42H38N8. The third-order valence-electron chi connectivity index (χ3n) is 9.61. The molecule has 5 aromatic carbocycles. The Morgan fingerprint density at radius 1 is 0.400 bits per heavy atom. The van der Waals surface area contributed by atoms with E-state index in [0.717, 1.165) is 60.6 Å². The molecular weight excluding hydrogens is 617 g/mol. The van der Waals surface area contributed by atoms with Gasteiger partial charge in [0.2, 0.25) is 0 Å². The summed E-state index contributed by atoms with van der Waals surface area (Å²) >= 11 is 0. The molecule has 0 saturated carbocycles. The van der Waals surface area contributed by atoms with Gasteiger partial charge in [-0.25, -0.2) is 9.36 Å². The maximum Gasteiger partial charge on any atom is 0.131 e. The highest BCUT2D eigenvalue weighted by atomic mass is 15.5. The molecule has 2 aliphatic heterocycles. The lowest BCUT2D eigenvalue weighted by Crippen LogP contribution is -2.45. The standard InChI is InChI=1S/C42H38N8/c1-5-13-33(14-6-1)27-45-29-47(31-49-41(45)25-39(43-49)35-17-9-3-10-18-35)37-21-23-38(24-22-37)48-30-46(28-34-15-7-2-8-16-34)42-26-40(44-50(42)32-48)36-19-11-4-12-20-36/h1-26H,27-32H2. The average Bonchev–Trinajstić information content (AvgIpc) is 3.82. The van der Waals surface area contributed by atoms with Crippen molar-refractivity contribution in [1.82, 2.24) is 19.6 Å². The van der Waals surface area contributed by atoms with Crippen LogP contribution in [0.5, 0.6) is 0 Å². The molecule has 0 spiro atoms. The first-order chi connectivity index (χ1) is 24.7. The van der Waals surface area contributed by atoms with Gasteiger partial charge in [-0.05, 0) is 35.4 Å². The first-order valence-electron chi connectivity index (χ1n) is 17.2. The average molecular weight is 655 g/mol. The molecule has 0 radical (unpaired) electrons. The van der Waals surface area contributed by atoms with Crippen LogP contribution in [-0.4, -0.2) is 32.9 Å². The highest BCUT2D eigenvalue weighted by Gasteiger charge is 2.28. The normalized spacial score (nSPS) is 14.1. The highest BCUT2D eigenvalue weighted by Crippen LogP contribution is 2.34. The lowest BCUT2D eigenvalue weighted by Gasteiger charge is -2.39. The summed E-state index contributed by atoms with van der Waals surface area (Å²) < 4.78 is 4.27. The molecule has 0 N–H and O–H groups in total. The molecule has 4 heterocycles. The summed E-state index contributed by atoms with van der Waals surface area (Å²) in [7, 11) is 0. The molecule has 246 valence electrons. The molecule has 2 aromatic heterocycles. The van der Waals surface area contributed by atoms with E-state index in [4.69, 9.17) is 10.2 Å². The Bertz CT molecular complexity index is 2020. The maximum absolute atomic E-state index is 5.08. The molecule has 0 amide bonds. The fourth-order valence-corrected chi connectivity index (χ4v) is 7.07. The Morgan fingerprint density at radius 2 is 0.760 bits per heavy atom. The third-order valence-corrected chi connectivity index (χ3v) is 9.61. The Balaban J connectivity index is 0.994. The molecule has 0 aliphatic carbocycles. The largest absolute Gasteiger partial charge is 0.335 e. The lowest BCUT2D eigenvalue weighted by atomic mass is 10.1. The zero-order chi connectivity index (χ0) is 33.3. The predicted molar refractivity (Wildman–Crippen MR) is 202 cm³/mol. The summed E-state index contributed by atoms with van der Waals surface area (Å²) in [6.07, 6.45) is 0. The summed E-state index contributed by atoms with van der Waals surface area (Å²) in [6, 6.07) is 55.7. The minimum absolute atomic E-state index is 0.681. The molecule has 0 unspecified atom stereocenters. The van der Waals surface area contributed by atoms with E-state index in [-0.39, 0.29) is 0 Å². The van der Waals surface area contributed by atoms with Gasteiger partial charge in [0.1, 0.15) is 25.0 Å². The first kappa shape index (κ1) is 29.8. The summed E-state index contributed by atoms with van der Waals surface area (Å²) in [5, 5.41) is 10.2. The van der Waals surface area contributed by atoms with Crippen molar-refractivity contribution in [3.05, 3.63) is 169 Å². The number of benzene rings is 5. The summed E-state index contributed by atoms with van der Waals surface area (Å²) in [6.45, 7) is 4.50. The van der Waals surface area contributed by atoms with Crippen LogP contribution < -0.4 is 19.6 Å². The second-order valence-electron chi connectivity index (χ2n) is 13.0. The molecule has 8 nitrogen and oxygen atoms in total. The third kappa shape index (κ3) is 5.96. The zero-order valence-corrected chi connectivity index (χ0v) is 27.8. The van der Waals surface area contributed by atoms with Crippen molar-refractivity contribution >= 4 is 23.0 Å². The summed E-state index contributed by atoms with van der Waals surface area (Å²) in [4.78, 5) is 9.64. The van der Waals surface area contributed by atoms with E-state index < -0.39 is 0 Å². The Labute approximate surface area is 292 Å². The van der Waals surface area contributed by atoms with Crippen LogP contribution in [0.3, 0.4) is 0 Å². The van der Waals surface area contributed by atoms with Crippen LogP contribution in [-0.2, 0) is 26.4 Å². The number of hydrogen-bond acceptors (Lipinski definition) is 6. The number of hydrogen-bond donors (Lipinski definition) is 0.